The summed E-state index contributed by atoms with van der Waals surface area (Å²) in [4.78, 5) is 22.4. The van der Waals surface area contributed by atoms with Crippen molar-refractivity contribution in [1.82, 2.24) is 5.32 Å². The zero-order valence-corrected chi connectivity index (χ0v) is 12.6. The number of unbranched alkanes of at least 4 members (excludes halogenated alkanes) is 1. The number of rotatable bonds is 12. The van der Waals surface area contributed by atoms with Crippen LogP contribution in [0, 0.1) is 0 Å². The zero-order chi connectivity index (χ0) is 14.3. The minimum atomic E-state index is -0.104. The van der Waals surface area contributed by atoms with E-state index in [1.54, 1.807) is 11.8 Å². The molecule has 19 heavy (non-hydrogen) atoms. The summed E-state index contributed by atoms with van der Waals surface area (Å²) in [6.07, 6.45) is 3.74. The number of nitrogens with one attached hydrogen (secondary N) is 1. The Morgan fingerprint density at radius 3 is 2.68 bits per heavy atom. The Labute approximate surface area is 120 Å². The van der Waals surface area contributed by atoms with E-state index in [4.69, 9.17) is 10.5 Å². The molecule has 0 saturated carbocycles. The SMILES string of the molecule is CCCOC(=O)CCCCSCCC(=O)NCCN. The summed E-state index contributed by atoms with van der Waals surface area (Å²) >= 11 is 1.74. The Bertz CT molecular complexity index is 226. The lowest BCUT2D eigenvalue weighted by Gasteiger charge is -2.04. The van der Waals surface area contributed by atoms with E-state index in [0.717, 1.165) is 30.8 Å². The van der Waals surface area contributed by atoms with Gasteiger partial charge in [0.1, 0.15) is 0 Å². The second-order valence-electron chi connectivity index (χ2n) is 4.18. The molecule has 6 heteroatoms. The maximum Gasteiger partial charge on any atom is 0.305 e. The number of carbonyl (C=O) groups is 2. The average molecular weight is 290 g/mol. The van der Waals surface area contributed by atoms with E-state index in [0.29, 0.717) is 32.5 Å². The molecule has 0 rings (SSSR count). The minimum absolute atomic E-state index is 0.0566. The Hall–Kier alpha value is -0.750. The standard InChI is InChI=1S/C13H26N2O3S/c1-2-9-18-13(17)5-3-4-10-19-11-6-12(16)15-8-7-14/h2-11,14H2,1H3,(H,15,16). The first-order valence-corrected chi connectivity index (χ1v) is 8.06. The molecule has 0 heterocycles. The Morgan fingerprint density at radius 2 is 2.00 bits per heavy atom. The highest BCUT2D eigenvalue weighted by atomic mass is 32.2. The van der Waals surface area contributed by atoms with Crippen molar-refractivity contribution in [3.63, 3.8) is 0 Å². The molecule has 3 N–H and O–H groups in total. The normalized spacial score (nSPS) is 10.2. The first-order chi connectivity index (χ1) is 9.20. The number of thioether (sulfide) groups is 1. The quantitative estimate of drug-likeness (QED) is 0.418. The molecule has 0 bridgehead atoms. The van der Waals surface area contributed by atoms with E-state index in [9.17, 15) is 9.59 Å². The second-order valence-corrected chi connectivity index (χ2v) is 5.40. The molecule has 0 aliphatic rings. The molecule has 0 aromatic heterocycles. The van der Waals surface area contributed by atoms with Crippen LogP contribution in [0.1, 0.15) is 39.0 Å². The summed E-state index contributed by atoms with van der Waals surface area (Å²) in [5, 5.41) is 2.73. The molecule has 0 aliphatic carbocycles. The van der Waals surface area contributed by atoms with Gasteiger partial charge in [-0.2, -0.15) is 11.8 Å². The van der Waals surface area contributed by atoms with E-state index >= 15 is 0 Å². The molecule has 0 saturated heterocycles. The lowest BCUT2D eigenvalue weighted by molar-refractivity contribution is -0.143. The molecule has 0 unspecified atom stereocenters. The smallest absolute Gasteiger partial charge is 0.305 e. The van der Waals surface area contributed by atoms with E-state index in [1.165, 1.54) is 0 Å². The van der Waals surface area contributed by atoms with Crippen molar-refractivity contribution in [1.29, 1.82) is 0 Å². The zero-order valence-electron chi connectivity index (χ0n) is 11.8. The largest absolute Gasteiger partial charge is 0.466 e. The van der Waals surface area contributed by atoms with Crippen LogP contribution < -0.4 is 11.1 Å². The van der Waals surface area contributed by atoms with Crippen molar-refractivity contribution < 1.29 is 14.3 Å². The van der Waals surface area contributed by atoms with Crippen LogP contribution in [-0.2, 0) is 14.3 Å². The van der Waals surface area contributed by atoms with Crippen molar-refractivity contribution in [2.24, 2.45) is 5.73 Å². The topological polar surface area (TPSA) is 81.4 Å². The predicted octanol–water partition coefficient (Wildman–Crippen LogP) is 1.31. The maximum absolute atomic E-state index is 11.2. The maximum atomic E-state index is 11.2. The van der Waals surface area contributed by atoms with Crippen molar-refractivity contribution in [2.75, 3.05) is 31.2 Å². The number of amides is 1. The number of hydrogen-bond acceptors (Lipinski definition) is 5. The highest BCUT2D eigenvalue weighted by molar-refractivity contribution is 7.99. The molecule has 0 fully saturated rings. The molecule has 112 valence electrons. The van der Waals surface area contributed by atoms with Crippen LogP contribution in [0.2, 0.25) is 0 Å². The summed E-state index contributed by atoms with van der Waals surface area (Å²) < 4.78 is 4.98. The van der Waals surface area contributed by atoms with Gasteiger partial charge in [-0.25, -0.2) is 0 Å². The molecule has 1 amide bonds. The molecule has 0 aromatic rings. The van der Waals surface area contributed by atoms with Crippen LogP contribution in [0.3, 0.4) is 0 Å². The van der Waals surface area contributed by atoms with Gasteiger partial charge in [-0.1, -0.05) is 6.92 Å². The number of hydrogen-bond donors (Lipinski definition) is 2. The Balaban J connectivity index is 3.22. The first kappa shape index (κ1) is 18.2. The monoisotopic (exact) mass is 290 g/mol. The number of ether oxygens (including phenoxy) is 1. The lowest BCUT2D eigenvalue weighted by atomic mass is 10.2. The highest BCUT2D eigenvalue weighted by Crippen LogP contribution is 2.08. The van der Waals surface area contributed by atoms with Crippen LogP contribution in [0.25, 0.3) is 0 Å². The molecule has 0 radical (unpaired) electrons. The molecular weight excluding hydrogens is 264 g/mol. The summed E-state index contributed by atoms with van der Waals surface area (Å²) in [6.45, 7) is 3.52. The summed E-state index contributed by atoms with van der Waals surface area (Å²) in [5.74, 6) is 1.75. The van der Waals surface area contributed by atoms with Gasteiger partial charge >= 0.3 is 5.97 Å². The third kappa shape index (κ3) is 13.5. The average Bonchev–Trinajstić information content (AvgIpc) is 2.41. The lowest BCUT2D eigenvalue weighted by Crippen LogP contribution is -2.29. The van der Waals surface area contributed by atoms with Gasteiger partial charge in [-0.15, -0.1) is 0 Å². The Kier molecular flexibility index (Phi) is 13.1. The third-order valence-corrected chi connectivity index (χ3v) is 3.40. The van der Waals surface area contributed by atoms with E-state index in [1.807, 2.05) is 6.92 Å². The van der Waals surface area contributed by atoms with E-state index < -0.39 is 0 Å². The molecular formula is C13H26N2O3S. The summed E-state index contributed by atoms with van der Waals surface area (Å²) in [7, 11) is 0. The predicted molar refractivity (Wildman–Crippen MR) is 79.1 cm³/mol. The molecule has 5 nitrogen and oxygen atoms in total. The molecule has 0 spiro atoms. The van der Waals surface area contributed by atoms with Gasteiger partial charge in [0.25, 0.3) is 0 Å². The second kappa shape index (κ2) is 13.7. The van der Waals surface area contributed by atoms with E-state index in [2.05, 4.69) is 5.32 Å². The minimum Gasteiger partial charge on any atom is -0.466 e. The van der Waals surface area contributed by atoms with Crippen LogP contribution in [0.15, 0.2) is 0 Å². The van der Waals surface area contributed by atoms with Gasteiger partial charge in [0.2, 0.25) is 5.91 Å². The number of esters is 1. The van der Waals surface area contributed by atoms with Crippen molar-refractivity contribution in [3.8, 4) is 0 Å². The van der Waals surface area contributed by atoms with Crippen molar-refractivity contribution in [2.45, 2.75) is 39.0 Å². The van der Waals surface area contributed by atoms with E-state index in [-0.39, 0.29) is 11.9 Å². The molecule has 0 atom stereocenters. The first-order valence-electron chi connectivity index (χ1n) is 6.90. The fourth-order valence-electron chi connectivity index (χ4n) is 1.33. The van der Waals surface area contributed by atoms with Crippen LogP contribution in [-0.4, -0.2) is 43.1 Å². The van der Waals surface area contributed by atoms with Gasteiger partial charge in [-0.05, 0) is 25.0 Å². The summed E-state index contributed by atoms with van der Waals surface area (Å²) in [5.41, 5.74) is 5.28. The Morgan fingerprint density at radius 1 is 1.21 bits per heavy atom. The number of carbonyl (C=O) groups excluding carboxylic acids is 2. The van der Waals surface area contributed by atoms with Crippen LogP contribution in [0.5, 0.6) is 0 Å². The third-order valence-electron chi connectivity index (χ3n) is 2.33. The fraction of sp³-hybridized carbons (Fsp3) is 0.846. The number of nitrogens with two attached hydrogens (primary N) is 1. The van der Waals surface area contributed by atoms with Gasteiger partial charge in [0.05, 0.1) is 6.61 Å². The fourth-order valence-corrected chi connectivity index (χ4v) is 2.27. The van der Waals surface area contributed by atoms with Crippen LogP contribution >= 0.6 is 11.8 Å². The van der Waals surface area contributed by atoms with Crippen molar-refractivity contribution >= 4 is 23.6 Å². The van der Waals surface area contributed by atoms with Gasteiger partial charge in [-0.3, -0.25) is 9.59 Å². The molecule has 0 aliphatic heterocycles. The van der Waals surface area contributed by atoms with Crippen LogP contribution in [0.4, 0.5) is 0 Å². The van der Waals surface area contributed by atoms with Gasteiger partial charge < -0.3 is 15.8 Å². The van der Waals surface area contributed by atoms with Crippen molar-refractivity contribution in [3.05, 3.63) is 0 Å². The van der Waals surface area contributed by atoms with Gasteiger partial charge in [0, 0.05) is 31.7 Å². The van der Waals surface area contributed by atoms with Gasteiger partial charge in [0.15, 0.2) is 0 Å². The molecule has 0 aromatic carbocycles. The summed E-state index contributed by atoms with van der Waals surface area (Å²) in [6, 6.07) is 0. The highest BCUT2D eigenvalue weighted by Gasteiger charge is 2.02.